The van der Waals surface area contributed by atoms with Crippen molar-refractivity contribution >= 4 is 5.82 Å². The number of aliphatic hydroxyl groups is 1. The zero-order valence-corrected chi connectivity index (χ0v) is 8.78. The van der Waals surface area contributed by atoms with Gasteiger partial charge in [-0.2, -0.15) is 13.2 Å². The first-order chi connectivity index (χ1) is 7.32. The molecule has 0 saturated heterocycles. The van der Waals surface area contributed by atoms with Gasteiger partial charge in [0.05, 0.1) is 12.1 Å². The number of aromatic nitrogens is 2. The molecule has 0 amide bonds. The van der Waals surface area contributed by atoms with E-state index in [2.05, 4.69) is 15.3 Å². The lowest BCUT2D eigenvalue weighted by Gasteiger charge is -2.19. The minimum atomic E-state index is -4.51. The fourth-order valence-electron chi connectivity index (χ4n) is 0.988. The first kappa shape index (κ1) is 12.7. The molecule has 0 aliphatic heterocycles. The normalized spacial score (nSPS) is 15.6. The van der Waals surface area contributed by atoms with Crippen molar-refractivity contribution in [2.45, 2.75) is 32.2 Å². The zero-order valence-electron chi connectivity index (χ0n) is 8.78. The molecule has 16 heavy (non-hydrogen) atoms. The number of rotatable bonds is 3. The smallest absolute Gasteiger partial charge is 0.391 e. The van der Waals surface area contributed by atoms with Crippen molar-refractivity contribution in [1.29, 1.82) is 0 Å². The largest absolute Gasteiger partial charge is 0.421 e. The molecule has 1 heterocycles. The number of alkyl halides is 3. The molecule has 0 unspecified atom stereocenters. The molecule has 1 aromatic rings. The maximum absolute atomic E-state index is 12.5. The Morgan fingerprint density at radius 1 is 1.38 bits per heavy atom. The van der Waals surface area contributed by atoms with E-state index in [1.54, 1.807) is 6.92 Å². The second kappa shape index (κ2) is 4.65. The van der Waals surface area contributed by atoms with E-state index >= 15 is 0 Å². The van der Waals surface area contributed by atoms with E-state index in [9.17, 15) is 18.3 Å². The number of nitrogens with zero attached hydrogens (tertiary/aromatic N) is 2. The number of aliphatic hydroxyl groups excluding tert-OH is 1. The highest BCUT2D eigenvalue weighted by Gasteiger charge is 2.35. The lowest BCUT2D eigenvalue weighted by Crippen LogP contribution is -2.29. The molecule has 2 N–H and O–H groups in total. The minimum Gasteiger partial charge on any atom is -0.391 e. The summed E-state index contributed by atoms with van der Waals surface area (Å²) in [5.41, 5.74) is -0.942. The van der Waals surface area contributed by atoms with Gasteiger partial charge in [-0.15, -0.1) is 0 Å². The third-order valence-electron chi connectivity index (χ3n) is 2.11. The first-order valence-corrected chi connectivity index (χ1v) is 4.64. The van der Waals surface area contributed by atoms with Crippen LogP contribution in [0.25, 0.3) is 0 Å². The third kappa shape index (κ3) is 3.06. The topological polar surface area (TPSA) is 58.0 Å². The Labute approximate surface area is 90.5 Å². The molecular formula is C9H12F3N3O. The van der Waals surface area contributed by atoms with E-state index in [1.807, 2.05) is 0 Å². The van der Waals surface area contributed by atoms with E-state index < -0.39 is 23.9 Å². The Bertz CT molecular complexity index is 354. The summed E-state index contributed by atoms with van der Waals surface area (Å²) in [4.78, 5) is 6.84. The van der Waals surface area contributed by atoms with Gasteiger partial charge in [0.15, 0.2) is 0 Å². The highest BCUT2D eigenvalue weighted by atomic mass is 19.4. The van der Waals surface area contributed by atoms with Crippen molar-refractivity contribution < 1.29 is 18.3 Å². The molecule has 0 radical (unpaired) electrons. The highest BCUT2D eigenvalue weighted by molar-refractivity contribution is 5.44. The molecule has 1 aromatic heterocycles. The maximum Gasteiger partial charge on any atom is 0.421 e. The van der Waals surface area contributed by atoms with Crippen LogP contribution in [-0.2, 0) is 6.18 Å². The number of anilines is 1. The molecule has 0 spiro atoms. The second-order valence-corrected chi connectivity index (χ2v) is 3.46. The van der Waals surface area contributed by atoms with Crippen LogP contribution >= 0.6 is 0 Å². The van der Waals surface area contributed by atoms with Crippen LogP contribution in [0, 0.1) is 0 Å². The van der Waals surface area contributed by atoms with Gasteiger partial charge in [0.2, 0.25) is 0 Å². The van der Waals surface area contributed by atoms with Crippen molar-refractivity contribution in [1.82, 2.24) is 9.97 Å². The predicted molar refractivity (Wildman–Crippen MR) is 51.8 cm³/mol. The van der Waals surface area contributed by atoms with Gasteiger partial charge >= 0.3 is 6.18 Å². The fraction of sp³-hybridized carbons (Fsp3) is 0.556. The summed E-state index contributed by atoms with van der Waals surface area (Å²) in [6.45, 7) is 3.04. The van der Waals surface area contributed by atoms with Crippen molar-refractivity contribution in [3.05, 3.63) is 18.1 Å². The standard InChI is InChI=1S/C9H12F3N3O/c1-5(6(2)16)15-8-7(9(10,11)12)3-13-4-14-8/h3-6,16H,1-2H3,(H,13,14,15)/t5-,6-/m1/s1. The van der Waals surface area contributed by atoms with Crippen LogP contribution in [0.4, 0.5) is 19.0 Å². The Kier molecular flexibility index (Phi) is 3.69. The molecule has 0 aliphatic carbocycles. The van der Waals surface area contributed by atoms with E-state index in [0.717, 1.165) is 6.33 Å². The number of nitrogens with one attached hydrogen (secondary N) is 1. The molecule has 2 atom stereocenters. The molecular weight excluding hydrogens is 223 g/mol. The lowest BCUT2D eigenvalue weighted by molar-refractivity contribution is -0.137. The summed E-state index contributed by atoms with van der Waals surface area (Å²) >= 11 is 0. The number of hydrogen-bond donors (Lipinski definition) is 2. The molecule has 0 aromatic carbocycles. The molecule has 0 fully saturated rings. The van der Waals surface area contributed by atoms with Crippen LogP contribution in [0.1, 0.15) is 19.4 Å². The zero-order chi connectivity index (χ0) is 12.3. The van der Waals surface area contributed by atoms with Gasteiger partial charge in [0.25, 0.3) is 0 Å². The average molecular weight is 235 g/mol. The van der Waals surface area contributed by atoms with Crippen molar-refractivity contribution in [3.63, 3.8) is 0 Å². The summed E-state index contributed by atoms with van der Waals surface area (Å²) in [5.74, 6) is -0.323. The van der Waals surface area contributed by atoms with Gasteiger partial charge in [0, 0.05) is 6.20 Å². The monoisotopic (exact) mass is 235 g/mol. The summed E-state index contributed by atoms with van der Waals surface area (Å²) in [5, 5.41) is 11.7. The third-order valence-corrected chi connectivity index (χ3v) is 2.11. The van der Waals surface area contributed by atoms with E-state index in [-0.39, 0.29) is 5.82 Å². The fourth-order valence-corrected chi connectivity index (χ4v) is 0.988. The lowest BCUT2D eigenvalue weighted by atomic mass is 10.2. The Balaban J connectivity index is 2.96. The van der Waals surface area contributed by atoms with Gasteiger partial charge in [-0.1, -0.05) is 0 Å². The first-order valence-electron chi connectivity index (χ1n) is 4.64. The number of halogens is 3. The average Bonchev–Trinajstić information content (AvgIpc) is 2.16. The molecule has 0 bridgehead atoms. The molecule has 90 valence electrons. The Hall–Kier alpha value is -1.37. The minimum absolute atomic E-state index is 0.323. The number of hydrogen-bond acceptors (Lipinski definition) is 4. The van der Waals surface area contributed by atoms with Gasteiger partial charge in [-0.05, 0) is 13.8 Å². The van der Waals surface area contributed by atoms with E-state index in [4.69, 9.17) is 0 Å². The van der Waals surface area contributed by atoms with Crippen LogP contribution < -0.4 is 5.32 Å². The molecule has 1 rings (SSSR count). The maximum atomic E-state index is 12.5. The van der Waals surface area contributed by atoms with Crippen LogP contribution in [-0.4, -0.2) is 27.2 Å². The van der Waals surface area contributed by atoms with Crippen LogP contribution in [0.3, 0.4) is 0 Å². The van der Waals surface area contributed by atoms with Gasteiger partial charge in [-0.3, -0.25) is 0 Å². The molecule has 0 saturated carbocycles. The van der Waals surface area contributed by atoms with Crippen LogP contribution in [0.2, 0.25) is 0 Å². The van der Waals surface area contributed by atoms with Gasteiger partial charge < -0.3 is 10.4 Å². The summed E-state index contributed by atoms with van der Waals surface area (Å²) in [7, 11) is 0. The van der Waals surface area contributed by atoms with Crippen molar-refractivity contribution in [2.75, 3.05) is 5.32 Å². The summed E-state index contributed by atoms with van der Waals surface area (Å²) in [6, 6.07) is -0.531. The van der Waals surface area contributed by atoms with E-state index in [0.29, 0.717) is 6.20 Å². The van der Waals surface area contributed by atoms with Gasteiger partial charge in [0.1, 0.15) is 17.7 Å². The Morgan fingerprint density at radius 3 is 2.50 bits per heavy atom. The predicted octanol–water partition coefficient (Wildman–Crippen LogP) is 1.68. The molecule has 0 aliphatic rings. The van der Waals surface area contributed by atoms with Crippen molar-refractivity contribution in [3.8, 4) is 0 Å². The highest BCUT2D eigenvalue weighted by Crippen LogP contribution is 2.33. The van der Waals surface area contributed by atoms with Gasteiger partial charge in [-0.25, -0.2) is 9.97 Å². The van der Waals surface area contributed by atoms with Crippen LogP contribution in [0.5, 0.6) is 0 Å². The Morgan fingerprint density at radius 2 is 2.00 bits per heavy atom. The quantitative estimate of drug-likeness (QED) is 0.836. The summed E-state index contributed by atoms with van der Waals surface area (Å²) in [6.07, 6.45) is -3.57. The van der Waals surface area contributed by atoms with Crippen LogP contribution in [0.15, 0.2) is 12.5 Å². The molecule has 7 heteroatoms. The van der Waals surface area contributed by atoms with E-state index in [1.165, 1.54) is 6.92 Å². The second-order valence-electron chi connectivity index (χ2n) is 3.46. The van der Waals surface area contributed by atoms with Crippen molar-refractivity contribution in [2.24, 2.45) is 0 Å². The molecule has 4 nitrogen and oxygen atoms in total. The summed E-state index contributed by atoms with van der Waals surface area (Å²) < 4.78 is 37.6. The SMILES string of the molecule is C[C@@H](O)[C@@H](C)Nc1ncncc1C(F)(F)F.